The third kappa shape index (κ3) is 4.99. The van der Waals surface area contributed by atoms with Crippen molar-refractivity contribution in [3.05, 3.63) is 34.4 Å². The van der Waals surface area contributed by atoms with E-state index in [1.54, 1.807) is 0 Å². The van der Waals surface area contributed by atoms with Gasteiger partial charge in [-0.3, -0.25) is 10.1 Å². The van der Waals surface area contributed by atoms with Crippen molar-refractivity contribution in [1.82, 2.24) is 9.62 Å². The van der Waals surface area contributed by atoms with Crippen LogP contribution in [0.15, 0.2) is 29.2 Å². The second-order valence-electron chi connectivity index (χ2n) is 6.68. The lowest BCUT2D eigenvalue weighted by Gasteiger charge is -2.34. The number of benzene rings is 1. The fraction of sp³-hybridized carbons (Fsp3) is 0.625. The van der Waals surface area contributed by atoms with Crippen LogP contribution in [-0.2, 0) is 10.0 Å². The highest BCUT2D eigenvalue weighted by Crippen LogP contribution is 2.23. The van der Waals surface area contributed by atoms with Crippen molar-refractivity contribution in [3.63, 3.8) is 0 Å². The van der Waals surface area contributed by atoms with Crippen molar-refractivity contribution < 1.29 is 13.3 Å². The summed E-state index contributed by atoms with van der Waals surface area (Å²) in [5.74, 6) is 1.33. The molecule has 7 nitrogen and oxygen atoms in total. The highest BCUT2D eigenvalue weighted by molar-refractivity contribution is 7.89. The summed E-state index contributed by atoms with van der Waals surface area (Å²) in [5, 5.41) is 11.0. The van der Waals surface area contributed by atoms with E-state index in [4.69, 9.17) is 0 Å². The quantitative estimate of drug-likeness (QED) is 0.460. The molecule has 1 N–H and O–H groups in total. The zero-order valence-corrected chi connectivity index (χ0v) is 15.0. The number of nitrogens with one attached hydrogen (secondary N) is 1. The van der Waals surface area contributed by atoms with Crippen molar-refractivity contribution in [2.24, 2.45) is 11.8 Å². The molecule has 0 spiro atoms. The fourth-order valence-electron chi connectivity index (χ4n) is 3.40. The van der Waals surface area contributed by atoms with Crippen molar-refractivity contribution in [3.8, 4) is 0 Å². The first kappa shape index (κ1) is 18.8. The molecule has 0 aliphatic carbocycles. The molecule has 2 atom stereocenters. The number of piperidine rings is 1. The lowest BCUT2D eigenvalue weighted by atomic mass is 9.92. The Morgan fingerprint density at radius 2 is 1.88 bits per heavy atom. The van der Waals surface area contributed by atoms with Gasteiger partial charge in [0.1, 0.15) is 0 Å². The molecule has 0 unspecified atom stereocenters. The maximum Gasteiger partial charge on any atom is 0.289 e. The number of rotatable bonds is 7. The van der Waals surface area contributed by atoms with E-state index in [0.717, 1.165) is 19.6 Å². The zero-order valence-electron chi connectivity index (χ0n) is 14.1. The van der Waals surface area contributed by atoms with Gasteiger partial charge in [-0.2, -0.15) is 0 Å². The summed E-state index contributed by atoms with van der Waals surface area (Å²) < 4.78 is 27.0. The van der Waals surface area contributed by atoms with Gasteiger partial charge in [0.05, 0.1) is 4.92 Å². The Hall–Kier alpha value is -1.51. The van der Waals surface area contributed by atoms with Crippen molar-refractivity contribution in [2.75, 3.05) is 26.2 Å². The number of nitro groups is 1. The summed E-state index contributed by atoms with van der Waals surface area (Å²) in [5.41, 5.74) is -0.399. The topological polar surface area (TPSA) is 92.6 Å². The Labute approximate surface area is 143 Å². The lowest BCUT2D eigenvalue weighted by Crippen LogP contribution is -2.40. The van der Waals surface area contributed by atoms with Crippen LogP contribution in [-0.4, -0.2) is 44.4 Å². The number of likely N-dealkylation sites (tertiary alicyclic amines) is 1. The average Bonchev–Trinajstić information content (AvgIpc) is 2.50. The van der Waals surface area contributed by atoms with E-state index in [-0.39, 0.29) is 11.4 Å². The molecule has 1 aliphatic rings. The Morgan fingerprint density at radius 1 is 1.25 bits per heavy atom. The van der Waals surface area contributed by atoms with Crippen molar-refractivity contribution >= 4 is 15.7 Å². The monoisotopic (exact) mass is 355 g/mol. The molecular weight excluding hydrogens is 330 g/mol. The number of para-hydroxylation sites is 1. The minimum absolute atomic E-state index is 0.271. The summed E-state index contributed by atoms with van der Waals surface area (Å²) in [4.78, 5) is 12.4. The minimum atomic E-state index is -3.87. The highest BCUT2D eigenvalue weighted by atomic mass is 32.2. The molecule has 1 aromatic rings. The third-order valence-electron chi connectivity index (χ3n) is 4.24. The number of nitrogens with zero attached hydrogens (tertiary/aromatic N) is 2. The Morgan fingerprint density at radius 3 is 2.50 bits per heavy atom. The van der Waals surface area contributed by atoms with E-state index in [9.17, 15) is 18.5 Å². The van der Waals surface area contributed by atoms with E-state index in [1.807, 2.05) is 0 Å². The van der Waals surface area contributed by atoms with Crippen LogP contribution in [0.2, 0.25) is 0 Å². The van der Waals surface area contributed by atoms with Gasteiger partial charge in [-0.1, -0.05) is 26.0 Å². The smallest absolute Gasteiger partial charge is 0.289 e. The molecular formula is C16H25N3O4S. The number of nitro benzene ring substituents is 1. The molecule has 134 valence electrons. The molecule has 1 aromatic carbocycles. The van der Waals surface area contributed by atoms with Crippen LogP contribution in [0.1, 0.15) is 26.7 Å². The van der Waals surface area contributed by atoms with Gasteiger partial charge in [-0.15, -0.1) is 0 Å². The molecule has 0 aromatic heterocycles. The van der Waals surface area contributed by atoms with Gasteiger partial charge in [-0.05, 0) is 37.3 Å². The molecule has 1 aliphatic heterocycles. The van der Waals surface area contributed by atoms with E-state index in [1.165, 1.54) is 30.7 Å². The van der Waals surface area contributed by atoms with Gasteiger partial charge in [0.2, 0.25) is 10.0 Å². The summed E-state index contributed by atoms with van der Waals surface area (Å²) in [7, 11) is -3.87. The SMILES string of the molecule is C[C@H]1C[C@H](C)CN(CCCNS(=O)(=O)c2ccccc2[N+](=O)[O-])C1. The summed E-state index contributed by atoms with van der Waals surface area (Å²) in [6.45, 7) is 7.66. The maximum atomic E-state index is 12.3. The van der Waals surface area contributed by atoms with Crippen LogP contribution in [0.4, 0.5) is 5.69 Å². The van der Waals surface area contributed by atoms with Crippen LogP contribution in [0, 0.1) is 22.0 Å². The molecule has 0 bridgehead atoms. The zero-order chi connectivity index (χ0) is 17.7. The van der Waals surface area contributed by atoms with Gasteiger partial charge >= 0.3 is 0 Å². The van der Waals surface area contributed by atoms with Crippen LogP contribution in [0.3, 0.4) is 0 Å². The second-order valence-corrected chi connectivity index (χ2v) is 8.42. The summed E-state index contributed by atoms with van der Waals surface area (Å²) in [6.07, 6.45) is 1.92. The van der Waals surface area contributed by atoms with E-state index < -0.39 is 20.6 Å². The number of sulfonamides is 1. The van der Waals surface area contributed by atoms with Gasteiger partial charge in [0.25, 0.3) is 5.69 Å². The summed E-state index contributed by atoms with van der Waals surface area (Å²) in [6, 6.07) is 5.40. The first-order valence-corrected chi connectivity index (χ1v) is 9.73. The van der Waals surface area contributed by atoms with E-state index in [0.29, 0.717) is 18.3 Å². The van der Waals surface area contributed by atoms with Crippen LogP contribution >= 0.6 is 0 Å². The predicted octanol–water partition coefficient (Wildman–Crippen LogP) is 2.24. The van der Waals surface area contributed by atoms with Crippen molar-refractivity contribution in [1.29, 1.82) is 0 Å². The first-order chi connectivity index (χ1) is 11.3. The molecule has 1 fully saturated rings. The maximum absolute atomic E-state index is 12.3. The minimum Gasteiger partial charge on any atom is -0.303 e. The molecule has 8 heteroatoms. The van der Waals surface area contributed by atoms with Gasteiger partial charge in [0, 0.05) is 25.7 Å². The predicted molar refractivity (Wildman–Crippen MR) is 92.3 cm³/mol. The Balaban J connectivity index is 1.89. The second kappa shape index (κ2) is 8.04. The van der Waals surface area contributed by atoms with Crippen LogP contribution in [0.25, 0.3) is 0 Å². The average molecular weight is 355 g/mol. The largest absolute Gasteiger partial charge is 0.303 e. The summed E-state index contributed by atoms with van der Waals surface area (Å²) >= 11 is 0. The Kier molecular flexibility index (Phi) is 6.31. The molecule has 1 heterocycles. The third-order valence-corrected chi connectivity index (χ3v) is 5.75. The van der Waals surface area contributed by atoms with Gasteiger partial charge < -0.3 is 4.90 Å². The van der Waals surface area contributed by atoms with Crippen LogP contribution in [0.5, 0.6) is 0 Å². The molecule has 2 rings (SSSR count). The van der Waals surface area contributed by atoms with Gasteiger partial charge in [-0.25, -0.2) is 13.1 Å². The van der Waals surface area contributed by atoms with Crippen molar-refractivity contribution in [2.45, 2.75) is 31.6 Å². The van der Waals surface area contributed by atoms with E-state index in [2.05, 4.69) is 23.5 Å². The lowest BCUT2D eigenvalue weighted by molar-refractivity contribution is -0.387. The molecule has 0 saturated carbocycles. The van der Waals surface area contributed by atoms with Gasteiger partial charge in [0.15, 0.2) is 4.90 Å². The number of hydrogen-bond donors (Lipinski definition) is 1. The van der Waals surface area contributed by atoms with Crippen LogP contribution < -0.4 is 4.72 Å². The molecule has 0 radical (unpaired) electrons. The fourth-order valence-corrected chi connectivity index (χ4v) is 4.64. The molecule has 1 saturated heterocycles. The normalized spacial score (nSPS) is 22.4. The Bertz CT molecular complexity index is 668. The van der Waals surface area contributed by atoms with E-state index >= 15 is 0 Å². The number of hydrogen-bond acceptors (Lipinski definition) is 5. The molecule has 0 amide bonds. The molecule has 24 heavy (non-hydrogen) atoms. The highest BCUT2D eigenvalue weighted by Gasteiger charge is 2.25. The standard InChI is InChI=1S/C16H25N3O4S/c1-13-10-14(2)12-18(11-13)9-5-8-17-24(22,23)16-7-4-3-6-15(16)19(20)21/h3-4,6-7,13-14,17H,5,8-12H2,1-2H3/t13-,14-/m0/s1. The first-order valence-electron chi connectivity index (χ1n) is 8.25.